The number of ether oxygens (including phenoxy) is 2. The van der Waals surface area contributed by atoms with Crippen molar-refractivity contribution in [3.63, 3.8) is 0 Å². The minimum absolute atomic E-state index is 0.144. The molecule has 1 atom stereocenters. The molecule has 176 valence electrons. The van der Waals surface area contributed by atoms with Crippen molar-refractivity contribution >= 4 is 23.5 Å². The molecule has 1 fully saturated rings. The lowest BCUT2D eigenvalue weighted by Gasteiger charge is -2.14. The maximum atomic E-state index is 12.1. The largest absolute Gasteiger partial charge is 0.458 e. The van der Waals surface area contributed by atoms with Crippen LogP contribution in [0, 0.1) is 5.92 Å². The predicted octanol–water partition coefficient (Wildman–Crippen LogP) is 1.82. The number of aliphatic hydroxyl groups excluding tert-OH is 2. The minimum Gasteiger partial charge on any atom is -0.458 e. The van der Waals surface area contributed by atoms with E-state index in [4.69, 9.17) is 14.9 Å². The van der Waals surface area contributed by atoms with Gasteiger partial charge in [0.15, 0.2) is 0 Å². The zero-order valence-corrected chi connectivity index (χ0v) is 18.9. The molecule has 1 aliphatic rings. The Morgan fingerprint density at radius 3 is 2.06 bits per heavy atom. The normalized spacial score (nSPS) is 14.9. The van der Waals surface area contributed by atoms with Gasteiger partial charge in [-0.3, -0.25) is 19.8 Å². The third-order valence-corrected chi connectivity index (χ3v) is 4.07. The average Bonchev–Trinajstić information content (AvgIpc) is 3.06. The summed E-state index contributed by atoms with van der Waals surface area (Å²) in [7, 11) is 0. The number of hydrogen-bond acceptors (Lipinski definition) is 7. The van der Waals surface area contributed by atoms with E-state index in [0.717, 1.165) is 26.1 Å². The number of amides is 2. The molecular formula is C22H36N2O7. The predicted molar refractivity (Wildman–Crippen MR) is 117 cm³/mol. The SMILES string of the molecule is CC(=O)OC(CO)CO.CCCCC1C(=O)NN(c2ccccc2)C1=O.CCOCC. The molecule has 0 spiro atoms. The number of anilines is 1. The Bertz CT molecular complexity index is 634. The molecule has 9 nitrogen and oxygen atoms in total. The first-order chi connectivity index (χ1) is 14.9. The number of para-hydroxylation sites is 1. The zero-order valence-electron chi connectivity index (χ0n) is 18.9. The quantitative estimate of drug-likeness (QED) is 0.395. The molecule has 2 rings (SSSR count). The summed E-state index contributed by atoms with van der Waals surface area (Å²) in [5.41, 5.74) is 3.34. The Labute approximate surface area is 184 Å². The number of nitrogens with one attached hydrogen (secondary N) is 1. The molecule has 31 heavy (non-hydrogen) atoms. The summed E-state index contributed by atoms with van der Waals surface area (Å²) in [4.78, 5) is 33.9. The van der Waals surface area contributed by atoms with Gasteiger partial charge in [0.2, 0.25) is 0 Å². The number of aliphatic hydroxyl groups is 2. The lowest BCUT2D eigenvalue weighted by atomic mass is 10.0. The van der Waals surface area contributed by atoms with Gasteiger partial charge in [-0.2, -0.15) is 0 Å². The van der Waals surface area contributed by atoms with Crippen LogP contribution in [-0.2, 0) is 23.9 Å². The maximum absolute atomic E-state index is 12.1. The molecule has 0 aromatic heterocycles. The average molecular weight is 441 g/mol. The lowest BCUT2D eigenvalue weighted by Crippen LogP contribution is -2.35. The number of carbonyl (C=O) groups excluding carboxylic acids is 3. The first-order valence-corrected chi connectivity index (χ1v) is 10.5. The van der Waals surface area contributed by atoms with Crippen LogP contribution < -0.4 is 10.4 Å². The van der Waals surface area contributed by atoms with Crippen molar-refractivity contribution in [2.75, 3.05) is 31.4 Å². The standard InChI is InChI=1S/C13H16N2O2.C5H10O4.C4H10O/c1-2-3-9-11-12(16)14-15(13(11)17)10-7-5-4-6-8-10;1-4(8)9-5(2-6)3-7;1-3-5-4-2/h4-8,11H,2-3,9H2,1H3,(H,14,16);5-7H,2-3H2,1H3;3-4H2,1-2H3. The molecule has 1 aromatic carbocycles. The third kappa shape index (κ3) is 11.5. The highest BCUT2D eigenvalue weighted by atomic mass is 16.6. The Hall–Kier alpha value is -2.49. The van der Waals surface area contributed by atoms with Crippen LogP contribution in [0.1, 0.15) is 47.0 Å². The van der Waals surface area contributed by atoms with Crippen LogP contribution >= 0.6 is 0 Å². The molecule has 1 saturated heterocycles. The van der Waals surface area contributed by atoms with Gasteiger partial charge in [-0.1, -0.05) is 38.0 Å². The Morgan fingerprint density at radius 2 is 1.68 bits per heavy atom. The van der Waals surface area contributed by atoms with Crippen LogP contribution in [0.4, 0.5) is 5.69 Å². The van der Waals surface area contributed by atoms with Crippen molar-refractivity contribution in [2.24, 2.45) is 5.92 Å². The number of unbranched alkanes of at least 4 members (excludes halogenated alkanes) is 1. The van der Waals surface area contributed by atoms with Crippen molar-refractivity contribution in [1.82, 2.24) is 5.43 Å². The van der Waals surface area contributed by atoms with E-state index in [9.17, 15) is 14.4 Å². The van der Waals surface area contributed by atoms with Gasteiger partial charge in [0, 0.05) is 20.1 Å². The topological polar surface area (TPSA) is 125 Å². The van der Waals surface area contributed by atoms with Crippen LogP contribution in [0.15, 0.2) is 30.3 Å². The number of rotatable bonds is 9. The lowest BCUT2D eigenvalue weighted by molar-refractivity contribution is -0.150. The van der Waals surface area contributed by atoms with Crippen molar-refractivity contribution in [3.8, 4) is 0 Å². The Morgan fingerprint density at radius 1 is 1.10 bits per heavy atom. The summed E-state index contributed by atoms with van der Waals surface area (Å²) >= 11 is 0. The molecule has 0 radical (unpaired) electrons. The van der Waals surface area contributed by atoms with Crippen molar-refractivity contribution in [2.45, 2.75) is 53.1 Å². The molecule has 1 heterocycles. The number of esters is 1. The molecule has 9 heteroatoms. The molecular weight excluding hydrogens is 404 g/mol. The van der Waals surface area contributed by atoms with Crippen LogP contribution in [-0.4, -0.2) is 60.5 Å². The van der Waals surface area contributed by atoms with Crippen molar-refractivity contribution in [3.05, 3.63) is 30.3 Å². The second-order valence-electron chi connectivity index (χ2n) is 6.56. The first-order valence-electron chi connectivity index (χ1n) is 10.5. The van der Waals surface area contributed by atoms with Gasteiger partial charge in [-0.25, -0.2) is 5.01 Å². The van der Waals surface area contributed by atoms with E-state index < -0.39 is 18.0 Å². The Balaban J connectivity index is 0.000000541. The highest BCUT2D eigenvalue weighted by molar-refractivity contribution is 6.14. The summed E-state index contributed by atoms with van der Waals surface area (Å²) in [6, 6.07) is 9.17. The van der Waals surface area contributed by atoms with Gasteiger partial charge in [-0.05, 0) is 32.4 Å². The molecule has 1 unspecified atom stereocenters. The fourth-order valence-corrected chi connectivity index (χ4v) is 2.51. The van der Waals surface area contributed by atoms with Gasteiger partial charge < -0.3 is 19.7 Å². The second kappa shape index (κ2) is 17.2. The molecule has 1 aromatic rings. The zero-order chi connectivity index (χ0) is 23.6. The van der Waals surface area contributed by atoms with Gasteiger partial charge in [-0.15, -0.1) is 0 Å². The summed E-state index contributed by atoms with van der Waals surface area (Å²) in [6.07, 6.45) is 1.75. The fraction of sp³-hybridized carbons (Fsp3) is 0.591. The maximum Gasteiger partial charge on any atom is 0.303 e. The number of hydrogen-bond donors (Lipinski definition) is 3. The molecule has 1 aliphatic heterocycles. The van der Waals surface area contributed by atoms with Gasteiger partial charge in [0.25, 0.3) is 11.8 Å². The van der Waals surface area contributed by atoms with Crippen LogP contribution in [0.2, 0.25) is 0 Å². The number of benzene rings is 1. The third-order valence-electron chi connectivity index (χ3n) is 4.07. The number of carbonyl (C=O) groups is 3. The van der Waals surface area contributed by atoms with Crippen LogP contribution in [0.3, 0.4) is 0 Å². The molecule has 3 N–H and O–H groups in total. The van der Waals surface area contributed by atoms with Gasteiger partial charge in [0.1, 0.15) is 12.0 Å². The molecule has 0 bridgehead atoms. The van der Waals surface area contributed by atoms with E-state index >= 15 is 0 Å². The molecule has 0 saturated carbocycles. The van der Waals surface area contributed by atoms with E-state index in [-0.39, 0.29) is 25.0 Å². The summed E-state index contributed by atoms with van der Waals surface area (Å²) in [5.74, 6) is -1.35. The monoisotopic (exact) mass is 440 g/mol. The summed E-state index contributed by atoms with van der Waals surface area (Å²) < 4.78 is 9.24. The van der Waals surface area contributed by atoms with Crippen molar-refractivity contribution in [1.29, 1.82) is 0 Å². The highest BCUT2D eigenvalue weighted by Gasteiger charge is 2.39. The summed E-state index contributed by atoms with van der Waals surface area (Å²) in [5, 5.41) is 18.0. The number of nitrogens with zero attached hydrogens (tertiary/aromatic N) is 1. The van der Waals surface area contributed by atoms with Crippen molar-refractivity contribution < 1.29 is 34.1 Å². The molecule has 0 aliphatic carbocycles. The van der Waals surface area contributed by atoms with E-state index in [0.29, 0.717) is 12.1 Å². The van der Waals surface area contributed by atoms with Crippen LogP contribution in [0.25, 0.3) is 0 Å². The second-order valence-corrected chi connectivity index (χ2v) is 6.56. The van der Waals surface area contributed by atoms with Crippen LogP contribution in [0.5, 0.6) is 0 Å². The minimum atomic E-state index is -0.762. The van der Waals surface area contributed by atoms with E-state index in [2.05, 4.69) is 10.2 Å². The van der Waals surface area contributed by atoms with E-state index in [1.54, 1.807) is 12.1 Å². The molecule has 2 amide bonds. The Kier molecular flexibility index (Phi) is 15.8. The number of hydrazine groups is 1. The first kappa shape index (κ1) is 28.5. The van der Waals surface area contributed by atoms with Gasteiger partial charge in [0.05, 0.1) is 18.9 Å². The van der Waals surface area contributed by atoms with E-state index in [1.165, 1.54) is 11.9 Å². The summed E-state index contributed by atoms with van der Waals surface area (Å²) in [6.45, 7) is 8.26. The fourth-order valence-electron chi connectivity index (χ4n) is 2.51. The van der Waals surface area contributed by atoms with Gasteiger partial charge >= 0.3 is 5.97 Å². The highest BCUT2D eigenvalue weighted by Crippen LogP contribution is 2.22. The van der Waals surface area contributed by atoms with E-state index in [1.807, 2.05) is 39.0 Å². The smallest absolute Gasteiger partial charge is 0.303 e.